The number of ether oxygens (including phenoxy) is 1. The minimum absolute atomic E-state index is 0.133. The van der Waals surface area contributed by atoms with Gasteiger partial charge in [0, 0.05) is 29.4 Å². The number of halogens is 1. The van der Waals surface area contributed by atoms with E-state index in [0.29, 0.717) is 29.0 Å². The highest BCUT2D eigenvalue weighted by Crippen LogP contribution is 2.31. The monoisotopic (exact) mass is 514 g/mol. The molecule has 0 radical (unpaired) electrons. The van der Waals surface area contributed by atoms with Gasteiger partial charge in [-0.15, -0.1) is 0 Å². The molecule has 0 aliphatic heterocycles. The number of amides is 1. The first kappa shape index (κ1) is 25.9. The lowest BCUT2D eigenvalue weighted by molar-refractivity contribution is -0.135. The lowest BCUT2D eigenvalue weighted by atomic mass is 9.80. The number of hydrogen-bond acceptors (Lipinski definition) is 5. The van der Waals surface area contributed by atoms with Gasteiger partial charge >= 0.3 is 0 Å². The molecule has 0 saturated carbocycles. The van der Waals surface area contributed by atoms with Crippen LogP contribution in [0.3, 0.4) is 0 Å². The average molecular weight is 515 g/mol. The van der Waals surface area contributed by atoms with Crippen molar-refractivity contribution in [1.82, 2.24) is 14.9 Å². The number of benzene rings is 2. The van der Waals surface area contributed by atoms with Gasteiger partial charge in [-0.05, 0) is 73.4 Å². The van der Waals surface area contributed by atoms with Gasteiger partial charge in [0.25, 0.3) is 6.47 Å². The molecule has 0 aliphatic rings. The quantitative estimate of drug-likeness (QED) is 0.306. The van der Waals surface area contributed by atoms with E-state index in [1.165, 1.54) is 0 Å². The van der Waals surface area contributed by atoms with E-state index in [1.54, 1.807) is 29.9 Å². The Hall–Kier alpha value is -4.15. The van der Waals surface area contributed by atoms with Crippen LogP contribution >= 0.6 is 11.6 Å². The second-order valence-electron chi connectivity index (χ2n) is 9.26. The predicted octanol–water partition coefficient (Wildman–Crippen LogP) is 4.82. The summed E-state index contributed by atoms with van der Waals surface area (Å²) in [6.45, 7) is 3.91. The Morgan fingerprint density at radius 2 is 2.00 bits per heavy atom. The molecule has 2 heterocycles. The largest absolute Gasteiger partial charge is 0.466 e. The molecule has 4 aromatic rings. The van der Waals surface area contributed by atoms with Crippen LogP contribution < -0.4 is 5.32 Å². The third-order valence-corrected chi connectivity index (χ3v) is 7.00. The van der Waals surface area contributed by atoms with Gasteiger partial charge in [0.05, 0.1) is 17.1 Å². The summed E-state index contributed by atoms with van der Waals surface area (Å²) in [6, 6.07) is 22.4. The molecule has 1 unspecified atom stereocenters. The average Bonchev–Trinajstić information content (AvgIpc) is 3.40. The van der Waals surface area contributed by atoms with E-state index in [2.05, 4.69) is 16.5 Å². The van der Waals surface area contributed by atoms with Gasteiger partial charge in [-0.2, -0.15) is 10.4 Å². The number of hydrogen-bond donors (Lipinski definition) is 1. The highest BCUT2D eigenvalue weighted by Gasteiger charge is 2.39. The second-order valence-corrected chi connectivity index (χ2v) is 9.70. The van der Waals surface area contributed by atoms with E-state index in [9.17, 15) is 14.9 Å². The van der Waals surface area contributed by atoms with Crippen molar-refractivity contribution in [2.75, 3.05) is 6.61 Å². The molecule has 2 aromatic carbocycles. The standard InChI is InChI=1S/C29H27ClN4O3/c1-20(25(16-21-8-10-24(30)11-9-21)23-6-3-5-22(15-23)17-31)33-28(36)29(2,18-37-19-35)26-7-4-14-34-27(26)12-13-32-34/h3-15,19-20,25H,16,18H2,1-2H3,(H,33,36)/t20-,25+,29?/m0/s1. The number of carbonyl (C=O) groups is 2. The maximum Gasteiger partial charge on any atom is 0.293 e. The van der Waals surface area contributed by atoms with E-state index >= 15 is 0 Å². The van der Waals surface area contributed by atoms with Crippen LogP contribution in [0.1, 0.15) is 42.0 Å². The summed E-state index contributed by atoms with van der Waals surface area (Å²) in [5.74, 6) is -0.422. The van der Waals surface area contributed by atoms with Crippen LogP contribution in [0, 0.1) is 11.3 Å². The topological polar surface area (TPSA) is 96.5 Å². The van der Waals surface area contributed by atoms with Crippen LogP contribution in [0.2, 0.25) is 5.02 Å². The second kappa shape index (κ2) is 11.3. The molecule has 8 heteroatoms. The van der Waals surface area contributed by atoms with Crippen molar-refractivity contribution in [3.63, 3.8) is 0 Å². The van der Waals surface area contributed by atoms with Crippen molar-refractivity contribution in [3.8, 4) is 6.07 Å². The van der Waals surface area contributed by atoms with Crippen LogP contribution in [0.15, 0.2) is 79.1 Å². The molecule has 4 rings (SSSR count). The van der Waals surface area contributed by atoms with Gasteiger partial charge in [-0.25, -0.2) is 4.52 Å². The van der Waals surface area contributed by atoms with Gasteiger partial charge in [0.1, 0.15) is 12.0 Å². The van der Waals surface area contributed by atoms with E-state index in [-0.39, 0.29) is 24.5 Å². The normalized spacial score (nSPS) is 14.2. The summed E-state index contributed by atoms with van der Waals surface area (Å²) < 4.78 is 6.83. The summed E-state index contributed by atoms with van der Waals surface area (Å²) in [6.07, 6.45) is 4.07. The minimum Gasteiger partial charge on any atom is -0.466 e. The molecule has 1 amide bonds. The van der Waals surface area contributed by atoms with Crippen molar-refractivity contribution in [3.05, 3.63) is 106 Å². The number of pyridine rings is 1. The molecular formula is C29H27ClN4O3. The Morgan fingerprint density at radius 3 is 2.73 bits per heavy atom. The summed E-state index contributed by atoms with van der Waals surface area (Å²) in [4.78, 5) is 25.0. The predicted molar refractivity (Wildman–Crippen MR) is 141 cm³/mol. The van der Waals surface area contributed by atoms with E-state index < -0.39 is 5.41 Å². The molecule has 3 atom stereocenters. The Kier molecular flexibility index (Phi) is 7.90. The van der Waals surface area contributed by atoms with Gasteiger partial charge in [0.2, 0.25) is 5.91 Å². The lowest BCUT2D eigenvalue weighted by Crippen LogP contribution is -2.50. The van der Waals surface area contributed by atoms with Crippen LogP contribution in [0.25, 0.3) is 5.52 Å². The maximum atomic E-state index is 13.9. The van der Waals surface area contributed by atoms with Gasteiger partial charge in [0.15, 0.2) is 0 Å². The third-order valence-electron chi connectivity index (χ3n) is 6.75. The molecular weight excluding hydrogens is 488 g/mol. The molecule has 188 valence electrons. The van der Waals surface area contributed by atoms with Gasteiger partial charge in [-0.3, -0.25) is 9.59 Å². The number of fused-ring (bicyclic) bond motifs is 1. The summed E-state index contributed by atoms with van der Waals surface area (Å²) in [5, 5.41) is 17.5. The highest BCUT2D eigenvalue weighted by atomic mass is 35.5. The van der Waals surface area contributed by atoms with Gasteiger partial charge < -0.3 is 10.1 Å². The van der Waals surface area contributed by atoms with E-state index in [0.717, 1.165) is 16.6 Å². The smallest absolute Gasteiger partial charge is 0.293 e. The third kappa shape index (κ3) is 5.65. The number of nitrogens with zero attached hydrogens (tertiary/aromatic N) is 3. The molecule has 2 aromatic heterocycles. The highest BCUT2D eigenvalue weighted by molar-refractivity contribution is 6.30. The van der Waals surface area contributed by atoms with Crippen molar-refractivity contribution in [2.24, 2.45) is 0 Å². The van der Waals surface area contributed by atoms with E-state index in [4.69, 9.17) is 16.3 Å². The number of nitriles is 1. The van der Waals surface area contributed by atoms with E-state index in [1.807, 2.05) is 67.6 Å². The van der Waals surface area contributed by atoms with Crippen molar-refractivity contribution < 1.29 is 14.3 Å². The fraction of sp³-hybridized carbons (Fsp3) is 0.241. The minimum atomic E-state index is -1.17. The Labute approximate surface area is 220 Å². The Morgan fingerprint density at radius 1 is 1.22 bits per heavy atom. The number of nitrogens with one attached hydrogen (secondary N) is 1. The number of rotatable bonds is 10. The summed E-state index contributed by atoms with van der Waals surface area (Å²) >= 11 is 6.08. The molecule has 37 heavy (non-hydrogen) atoms. The van der Waals surface area contributed by atoms with Gasteiger partial charge in [-0.1, -0.05) is 41.9 Å². The first-order valence-electron chi connectivity index (χ1n) is 11.9. The fourth-order valence-corrected chi connectivity index (χ4v) is 4.77. The number of carbonyl (C=O) groups excluding carboxylic acids is 2. The number of aromatic nitrogens is 2. The van der Waals surface area contributed by atoms with Crippen LogP contribution in [-0.4, -0.2) is 34.6 Å². The van der Waals surface area contributed by atoms with Crippen LogP contribution in [0.5, 0.6) is 0 Å². The van der Waals surface area contributed by atoms with Crippen LogP contribution in [0.4, 0.5) is 0 Å². The van der Waals surface area contributed by atoms with Crippen molar-refractivity contribution >= 4 is 29.5 Å². The zero-order chi connectivity index (χ0) is 26.4. The SMILES string of the molecule is C[C@H](NC(=O)C(C)(COC=O)c1cccn2nccc12)[C@@H](Cc1ccc(Cl)cc1)c1cccc(C#N)c1. The fourth-order valence-electron chi connectivity index (χ4n) is 4.65. The maximum absolute atomic E-state index is 13.9. The first-order chi connectivity index (χ1) is 17.9. The molecule has 0 saturated heterocycles. The zero-order valence-electron chi connectivity index (χ0n) is 20.6. The van der Waals surface area contributed by atoms with Crippen molar-refractivity contribution in [2.45, 2.75) is 37.6 Å². The molecule has 0 fully saturated rings. The molecule has 0 spiro atoms. The molecule has 0 bridgehead atoms. The Bertz CT molecular complexity index is 1440. The zero-order valence-corrected chi connectivity index (χ0v) is 21.4. The Balaban J connectivity index is 1.68. The molecule has 1 N–H and O–H groups in total. The molecule has 0 aliphatic carbocycles. The first-order valence-corrected chi connectivity index (χ1v) is 12.3. The van der Waals surface area contributed by atoms with Crippen molar-refractivity contribution in [1.29, 1.82) is 5.26 Å². The van der Waals surface area contributed by atoms with Crippen LogP contribution in [-0.2, 0) is 26.2 Å². The lowest BCUT2D eigenvalue weighted by Gasteiger charge is -2.32. The molecule has 7 nitrogen and oxygen atoms in total. The summed E-state index contributed by atoms with van der Waals surface area (Å²) in [5.41, 5.74) is 2.81. The summed E-state index contributed by atoms with van der Waals surface area (Å²) in [7, 11) is 0.